The summed E-state index contributed by atoms with van der Waals surface area (Å²) in [5, 5.41) is 4.80. The Balaban J connectivity index is 1.48. The van der Waals surface area contributed by atoms with Crippen LogP contribution in [0, 0.1) is 0 Å². The number of hydrogen-bond donors (Lipinski definition) is 0. The van der Waals surface area contributed by atoms with Crippen LogP contribution in [0.3, 0.4) is 0 Å². The fraction of sp³-hybridized carbons (Fsp3) is 0. The third-order valence-corrected chi connectivity index (χ3v) is 8.60. The van der Waals surface area contributed by atoms with Crippen LogP contribution < -0.4 is 4.74 Å². The molecule has 0 unspecified atom stereocenters. The van der Waals surface area contributed by atoms with Gasteiger partial charge in [-0.15, -0.1) is 0 Å². The molecule has 1 heteroatoms. The van der Waals surface area contributed by atoms with Gasteiger partial charge < -0.3 is 4.74 Å². The van der Waals surface area contributed by atoms with Gasteiger partial charge >= 0.3 is 0 Å². The second kappa shape index (κ2) is 9.44. The molecule has 1 heterocycles. The van der Waals surface area contributed by atoms with Crippen LogP contribution in [0.4, 0.5) is 0 Å². The molecule has 1 aliphatic rings. The summed E-state index contributed by atoms with van der Waals surface area (Å²) in [5.41, 5.74) is 7.52. The van der Waals surface area contributed by atoms with Gasteiger partial charge in [-0.2, -0.15) is 0 Å². The Morgan fingerprint density at radius 3 is 1.70 bits per heavy atom. The summed E-state index contributed by atoms with van der Waals surface area (Å²) >= 11 is 0. The minimum atomic E-state index is -0.249. The smallest absolute Gasteiger partial charge is 0.135 e. The predicted molar refractivity (Wildman–Crippen MR) is 181 cm³/mol. The van der Waals surface area contributed by atoms with Gasteiger partial charge in [-0.25, -0.2) is 0 Å². The van der Waals surface area contributed by atoms with E-state index in [1.54, 1.807) is 0 Å². The second-order valence-corrected chi connectivity index (χ2v) is 10.9. The van der Waals surface area contributed by atoms with Crippen molar-refractivity contribution in [3.05, 3.63) is 158 Å². The molecule has 0 aromatic heterocycles. The lowest BCUT2D eigenvalue weighted by atomic mass is 9.82. The third kappa shape index (κ3) is 3.58. The van der Waals surface area contributed by atoms with Gasteiger partial charge in [-0.05, 0) is 78.0 Å². The van der Waals surface area contributed by atoms with Gasteiger partial charge in [0.15, 0.2) is 0 Å². The van der Waals surface area contributed by atoms with Crippen LogP contribution in [0.1, 0.15) is 5.48 Å². The first kappa shape index (κ1) is 20.3. The Labute approximate surface area is 255 Å². The molecular formula is C42H26O. The van der Waals surface area contributed by atoms with Crippen LogP contribution >= 0.6 is 0 Å². The molecule has 0 bridgehead atoms. The fourth-order valence-corrected chi connectivity index (χ4v) is 6.80. The van der Waals surface area contributed by atoms with Crippen molar-refractivity contribution in [1.82, 2.24) is 0 Å². The van der Waals surface area contributed by atoms with Crippen LogP contribution in [0.5, 0.6) is 11.5 Å². The Morgan fingerprint density at radius 2 is 0.930 bits per heavy atom. The fourth-order valence-electron chi connectivity index (χ4n) is 6.80. The summed E-state index contributed by atoms with van der Waals surface area (Å²) in [4.78, 5) is 0. The molecule has 8 aromatic carbocycles. The number of ether oxygens (including phenoxy) is 1. The van der Waals surface area contributed by atoms with E-state index >= 15 is 0 Å². The van der Waals surface area contributed by atoms with Crippen molar-refractivity contribution in [3.8, 4) is 56.0 Å². The Morgan fingerprint density at radius 1 is 0.372 bits per heavy atom. The van der Waals surface area contributed by atoms with Gasteiger partial charge in [-0.1, -0.05) is 145 Å². The van der Waals surface area contributed by atoms with Gasteiger partial charge in [0.1, 0.15) is 11.5 Å². The largest absolute Gasteiger partial charge is 0.456 e. The van der Waals surface area contributed by atoms with E-state index in [9.17, 15) is 2.74 Å². The Hall–Kier alpha value is -5.66. The minimum absolute atomic E-state index is 0.0501. The van der Waals surface area contributed by atoms with E-state index in [1.165, 1.54) is 0 Å². The molecule has 8 aromatic rings. The molecule has 0 saturated heterocycles. The molecule has 9 rings (SSSR count). The zero-order chi connectivity index (χ0) is 31.8. The average molecular weight is 551 g/mol. The zero-order valence-corrected chi connectivity index (χ0v) is 23.1. The van der Waals surface area contributed by atoms with E-state index in [0.29, 0.717) is 10.8 Å². The van der Waals surface area contributed by atoms with Gasteiger partial charge in [0.2, 0.25) is 0 Å². The summed E-state index contributed by atoms with van der Waals surface area (Å²) in [5.74, 6) is 1.58. The highest BCUT2D eigenvalue weighted by Crippen LogP contribution is 2.51. The van der Waals surface area contributed by atoms with Gasteiger partial charge in [0, 0.05) is 10.9 Å². The molecule has 0 N–H and O–H groups in total. The van der Waals surface area contributed by atoms with E-state index in [-0.39, 0.29) is 24.2 Å². The van der Waals surface area contributed by atoms with Crippen molar-refractivity contribution in [2.75, 3.05) is 0 Å². The molecule has 0 fully saturated rings. The Bertz CT molecular complexity index is 2590. The number of hydrogen-bond acceptors (Lipinski definition) is 1. The normalized spacial score (nSPS) is 13.2. The molecule has 0 atom stereocenters. The molecule has 0 spiro atoms. The maximum absolute atomic E-state index is 9.39. The summed E-state index contributed by atoms with van der Waals surface area (Å²) in [6.45, 7) is 0. The highest BCUT2D eigenvalue weighted by Gasteiger charge is 2.24. The first-order valence-electron chi connectivity index (χ1n) is 16.5. The van der Waals surface area contributed by atoms with Crippen LogP contribution in [0.25, 0.3) is 76.8 Å². The highest BCUT2D eigenvalue weighted by molar-refractivity contribution is 6.25. The van der Waals surface area contributed by atoms with Crippen LogP contribution in [-0.4, -0.2) is 0 Å². The number of para-hydroxylation sites is 1. The molecule has 43 heavy (non-hydrogen) atoms. The SMILES string of the molecule is [2H]c1c([2H])c([2H])c2c(-c3ccc4c5c(cccc35)Oc3ccccc3-4)c3ccccc3c(-c3ccccc3-c3ccccc3)c2c1[2H]. The molecule has 0 saturated carbocycles. The van der Waals surface area contributed by atoms with Gasteiger partial charge in [0.05, 0.1) is 5.48 Å². The van der Waals surface area contributed by atoms with Crippen molar-refractivity contribution in [2.45, 2.75) is 0 Å². The third-order valence-electron chi connectivity index (χ3n) is 8.60. The van der Waals surface area contributed by atoms with Gasteiger partial charge in [-0.3, -0.25) is 0 Å². The van der Waals surface area contributed by atoms with Crippen molar-refractivity contribution in [2.24, 2.45) is 0 Å². The van der Waals surface area contributed by atoms with E-state index in [0.717, 1.165) is 77.6 Å². The highest BCUT2D eigenvalue weighted by atomic mass is 16.5. The minimum Gasteiger partial charge on any atom is -0.456 e. The molecule has 1 nitrogen and oxygen atoms in total. The molecule has 0 radical (unpaired) electrons. The topological polar surface area (TPSA) is 9.23 Å². The van der Waals surface area contributed by atoms with Crippen LogP contribution in [0.15, 0.2) is 158 Å². The molecule has 200 valence electrons. The van der Waals surface area contributed by atoms with Crippen LogP contribution in [0.2, 0.25) is 0 Å². The average Bonchev–Trinajstić information content (AvgIpc) is 3.13. The van der Waals surface area contributed by atoms with Crippen molar-refractivity contribution in [3.63, 3.8) is 0 Å². The zero-order valence-electron chi connectivity index (χ0n) is 27.1. The van der Waals surface area contributed by atoms with E-state index in [2.05, 4.69) is 60.7 Å². The summed E-state index contributed by atoms with van der Waals surface area (Å²) in [6, 6.07) is 44.2. The lowest BCUT2D eigenvalue weighted by Gasteiger charge is -2.24. The quantitative estimate of drug-likeness (QED) is 0.199. The molecule has 0 aliphatic carbocycles. The molecule has 0 amide bonds. The lowest BCUT2D eigenvalue weighted by molar-refractivity contribution is 0.487. The number of benzene rings is 8. The maximum Gasteiger partial charge on any atom is 0.135 e. The Kier molecular flexibility index (Phi) is 4.45. The van der Waals surface area contributed by atoms with Crippen molar-refractivity contribution >= 4 is 32.3 Å². The molecular weight excluding hydrogens is 520 g/mol. The first-order valence-corrected chi connectivity index (χ1v) is 14.5. The molecule has 1 aliphatic heterocycles. The second-order valence-electron chi connectivity index (χ2n) is 10.9. The standard InChI is InChI=1S/C42H26O/c1-2-13-27(14-3-1)28-15-4-5-17-30(28)40-31-18-6-8-20-33(31)41(34-21-9-7-19-32(34)40)37-26-25-36-29-16-10-11-23-38(29)43-39-24-12-22-35(37)42(36)39/h1-26H/i6D,8D,18D,20D. The van der Waals surface area contributed by atoms with Crippen molar-refractivity contribution in [1.29, 1.82) is 0 Å². The number of rotatable bonds is 3. The number of fused-ring (bicyclic) bond motifs is 4. The van der Waals surface area contributed by atoms with E-state index in [1.807, 2.05) is 72.8 Å². The van der Waals surface area contributed by atoms with Gasteiger partial charge in [0.25, 0.3) is 0 Å². The lowest BCUT2D eigenvalue weighted by Crippen LogP contribution is -1.98. The van der Waals surface area contributed by atoms with Crippen molar-refractivity contribution < 1.29 is 10.2 Å². The summed E-state index contributed by atoms with van der Waals surface area (Å²) in [7, 11) is 0. The van der Waals surface area contributed by atoms with Crippen LogP contribution in [-0.2, 0) is 0 Å². The van der Waals surface area contributed by atoms with E-state index < -0.39 is 0 Å². The maximum atomic E-state index is 9.39. The first-order chi connectivity index (χ1) is 23.0. The summed E-state index contributed by atoms with van der Waals surface area (Å²) < 4.78 is 42.8. The monoisotopic (exact) mass is 550 g/mol. The van der Waals surface area contributed by atoms with E-state index in [4.69, 9.17) is 7.48 Å². The summed E-state index contributed by atoms with van der Waals surface area (Å²) in [6.07, 6.45) is 0. The predicted octanol–water partition coefficient (Wildman–Crippen LogP) is 11.9.